The molecule has 1 atom stereocenters. The monoisotopic (exact) mass is 339 g/mol. The van der Waals surface area contributed by atoms with E-state index in [9.17, 15) is 9.59 Å². The quantitative estimate of drug-likeness (QED) is 0.810. The smallest absolute Gasteiger partial charge is 0.222 e. The second kappa shape index (κ2) is 5.35. The van der Waals surface area contributed by atoms with Gasteiger partial charge >= 0.3 is 0 Å². The van der Waals surface area contributed by atoms with Crippen molar-refractivity contribution in [2.24, 2.45) is 0 Å². The molecule has 2 aliphatic heterocycles. The summed E-state index contributed by atoms with van der Waals surface area (Å²) in [5.74, 6) is 1.42. The topological polar surface area (TPSA) is 78.4 Å². The van der Waals surface area contributed by atoms with E-state index in [1.165, 1.54) is 0 Å². The fraction of sp³-hybridized carbons (Fsp3) is 0.500. The first kappa shape index (κ1) is 13.3. The van der Waals surface area contributed by atoms with Gasteiger partial charge in [-0.15, -0.1) is 0 Å². The number of rotatable bonds is 4. The maximum atomic E-state index is 11.6. The molecule has 0 aromatic carbocycles. The van der Waals surface area contributed by atoms with Crippen LogP contribution in [0.1, 0.15) is 12.8 Å². The van der Waals surface area contributed by atoms with E-state index >= 15 is 0 Å². The molecular weight excluding hydrogens is 326 g/mol. The lowest BCUT2D eigenvalue weighted by Crippen LogP contribution is -2.42. The van der Waals surface area contributed by atoms with Crippen molar-refractivity contribution in [3.8, 4) is 0 Å². The molecule has 0 spiro atoms. The Morgan fingerprint density at radius 3 is 3.05 bits per heavy atom. The Hall–Kier alpha value is -1.70. The molecule has 1 unspecified atom stereocenters. The number of aromatic nitrogens is 2. The van der Waals surface area contributed by atoms with E-state index in [2.05, 4.69) is 31.2 Å². The molecule has 1 N–H and O–H groups in total. The van der Waals surface area contributed by atoms with Crippen molar-refractivity contribution >= 4 is 39.8 Å². The number of carbonyl (C=O) groups excluding carboxylic acids is 2. The first-order chi connectivity index (χ1) is 9.69. The molecule has 2 aliphatic rings. The van der Waals surface area contributed by atoms with Gasteiger partial charge in [0.1, 0.15) is 4.60 Å². The minimum atomic E-state index is -0.475. The molecule has 1 amide bonds. The maximum absolute atomic E-state index is 11.6. The summed E-state index contributed by atoms with van der Waals surface area (Å²) in [6.45, 7) is 1.95. The van der Waals surface area contributed by atoms with Crippen LogP contribution in [0.4, 0.5) is 11.6 Å². The molecule has 7 nitrogen and oxygen atoms in total. The Kier molecular flexibility index (Phi) is 3.56. The molecule has 20 heavy (non-hydrogen) atoms. The highest BCUT2D eigenvalue weighted by molar-refractivity contribution is 9.10. The summed E-state index contributed by atoms with van der Waals surface area (Å²) in [7, 11) is 0. The van der Waals surface area contributed by atoms with E-state index in [-0.39, 0.29) is 5.91 Å². The summed E-state index contributed by atoms with van der Waals surface area (Å²) in [5.41, 5.74) is 0. The highest BCUT2D eigenvalue weighted by Gasteiger charge is 2.32. The van der Waals surface area contributed by atoms with E-state index in [1.807, 2.05) is 9.80 Å². The Labute approximate surface area is 124 Å². The van der Waals surface area contributed by atoms with Crippen LogP contribution in [0.3, 0.4) is 0 Å². The van der Waals surface area contributed by atoms with Gasteiger partial charge in [-0.05, 0) is 22.4 Å². The SMILES string of the molecule is O=CC1Nc2ncc(Br)nc2N1CCN1CCCC1=O. The van der Waals surface area contributed by atoms with Gasteiger partial charge in [-0.3, -0.25) is 9.59 Å². The number of amides is 1. The molecule has 0 saturated carbocycles. The Morgan fingerprint density at radius 2 is 2.35 bits per heavy atom. The van der Waals surface area contributed by atoms with Gasteiger partial charge in [-0.1, -0.05) is 0 Å². The fourth-order valence-electron chi connectivity index (χ4n) is 2.53. The molecule has 1 fully saturated rings. The number of nitrogens with zero attached hydrogens (tertiary/aromatic N) is 4. The maximum Gasteiger partial charge on any atom is 0.222 e. The Morgan fingerprint density at radius 1 is 1.50 bits per heavy atom. The van der Waals surface area contributed by atoms with Gasteiger partial charge in [0.15, 0.2) is 24.1 Å². The zero-order valence-electron chi connectivity index (χ0n) is 10.8. The molecule has 1 saturated heterocycles. The van der Waals surface area contributed by atoms with E-state index in [4.69, 9.17) is 0 Å². The van der Waals surface area contributed by atoms with E-state index in [0.29, 0.717) is 35.7 Å². The highest BCUT2D eigenvalue weighted by atomic mass is 79.9. The lowest BCUT2D eigenvalue weighted by Gasteiger charge is -2.24. The van der Waals surface area contributed by atoms with Gasteiger partial charge < -0.3 is 15.1 Å². The van der Waals surface area contributed by atoms with Gasteiger partial charge in [-0.2, -0.15) is 0 Å². The number of anilines is 2. The van der Waals surface area contributed by atoms with E-state index in [0.717, 1.165) is 19.3 Å². The lowest BCUT2D eigenvalue weighted by atomic mass is 10.4. The summed E-state index contributed by atoms with van der Waals surface area (Å²) < 4.78 is 0.617. The number of likely N-dealkylation sites (tertiary alicyclic amines) is 1. The van der Waals surface area contributed by atoms with Crippen molar-refractivity contribution in [3.63, 3.8) is 0 Å². The summed E-state index contributed by atoms with van der Waals surface area (Å²) in [6, 6.07) is 0. The van der Waals surface area contributed by atoms with Gasteiger partial charge in [0, 0.05) is 26.1 Å². The van der Waals surface area contributed by atoms with Crippen LogP contribution in [0.15, 0.2) is 10.8 Å². The van der Waals surface area contributed by atoms with Gasteiger partial charge in [0.05, 0.1) is 6.20 Å². The molecule has 3 heterocycles. The van der Waals surface area contributed by atoms with Crippen molar-refractivity contribution in [3.05, 3.63) is 10.8 Å². The average Bonchev–Trinajstić information content (AvgIpc) is 2.99. The Balaban J connectivity index is 1.75. The largest absolute Gasteiger partial charge is 0.341 e. The third kappa shape index (κ3) is 2.35. The molecular formula is C12H14BrN5O2. The number of fused-ring (bicyclic) bond motifs is 1. The van der Waals surface area contributed by atoms with Crippen molar-refractivity contribution < 1.29 is 9.59 Å². The summed E-state index contributed by atoms with van der Waals surface area (Å²) in [6.07, 6.45) is 3.47. The fourth-order valence-corrected chi connectivity index (χ4v) is 2.80. The highest BCUT2D eigenvalue weighted by Crippen LogP contribution is 2.30. The molecule has 0 aliphatic carbocycles. The first-order valence-corrected chi connectivity index (χ1v) is 7.27. The zero-order chi connectivity index (χ0) is 14.1. The number of hydrogen-bond acceptors (Lipinski definition) is 6. The van der Waals surface area contributed by atoms with Crippen LogP contribution in [-0.4, -0.2) is 52.9 Å². The molecule has 0 radical (unpaired) electrons. The van der Waals surface area contributed by atoms with Crippen LogP contribution in [0.5, 0.6) is 0 Å². The Bertz CT molecular complexity index is 553. The molecule has 0 bridgehead atoms. The summed E-state index contributed by atoms with van der Waals surface area (Å²) in [4.78, 5) is 35.0. The molecule has 3 rings (SSSR count). The molecule has 8 heteroatoms. The standard InChI is InChI=1S/C12H14BrN5O2/c13-8-6-14-11-12(15-8)18(9(7-19)16-11)5-4-17-3-1-2-10(17)20/h6-7,9H,1-5H2,(H,14,16). The minimum absolute atomic E-state index is 0.181. The summed E-state index contributed by atoms with van der Waals surface area (Å²) in [5, 5.41) is 3.01. The first-order valence-electron chi connectivity index (χ1n) is 6.48. The second-order valence-corrected chi connectivity index (χ2v) is 5.58. The lowest BCUT2D eigenvalue weighted by molar-refractivity contribution is -0.127. The normalized spacial score (nSPS) is 21.1. The van der Waals surface area contributed by atoms with E-state index < -0.39 is 6.17 Å². The molecule has 106 valence electrons. The number of carbonyl (C=O) groups is 2. The predicted molar refractivity (Wildman–Crippen MR) is 76.4 cm³/mol. The second-order valence-electron chi connectivity index (χ2n) is 4.77. The van der Waals surface area contributed by atoms with Crippen LogP contribution in [0, 0.1) is 0 Å². The number of hydrogen-bond donors (Lipinski definition) is 1. The average molecular weight is 340 g/mol. The molecule has 1 aromatic rings. The third-order valence-electron chi connectivity index (χ3n) is 3.53. The van der Waals surface area contributed by atoms with Crippen LogP contribution >= 0.6 is 15.9 Å². The predicted octanol–water partition coefficient (Wildman–Crippen LogP) is 0.618. The van der Waals surface area contributed by atoms with Crippen LogP contribution in [0.25, 0.3) is 0 Å². The molecule has 1 aromatic heterocycles. The third-order valence-corrected chi connectivity index (χ3v) is 3.91. The van der Waals surface area contributed by atoms with Crippen molar-refractivity contribution in [2.75, 3.05) is 29.9 Å². The number of aldehydes is 1. The van der Waals surface area contributed by atoms with Crippen molar-refractivity contribution in [2.45, 2.75) is 19.0 Å². The van der Waals surface area contributed by atoms with Crippen LogP contribution in [-0.2, 0) is 9.59 Å². The number of nitrogens with one attached hydrogen (secondary N) is 1. The minimum Gasteiger partial charge on any atom is -0.341 e. The van der Waals surface area contributed by atoms with Crippen molar-refractivity contribution in [1.29, 1.82) is 0 Å². The summed E-state index contributed by atoms with van der Waals surface area (Å²) >= 11 is 3.28. The van der Waals surface area contributed by atoms with E-state index in [1.54, 1.807) is 6.20 Å². The van der Waals surface area contributed by atoms with Gasteiger partial charge in [0.25, 0.3) is 0 Å². The zero-order valence-corrected chi connectivity index (χ0v) is 12.3. The van der Waals surface area contributed by atoms with Crippen molar-refractivity contribution in [1.82, 2.24) is 14.9 Å². The van der Waals surface area contributed by atoms with Crippen LogP contribution < -0.4 is 10.2 Å². The van der Waals surface area contributed by atoms with Gasteiger partial charge in [-0.25, -0.2) is 9.97 Å². The van der Waals surface area contributed by atoms with Crippen LogP contribution in [0.2, 0.25) is 0 Å². The van der Waals surface area contributed by atoms with Gasteiger partial charge in [0.2, 0.25) is 5.91 Å². The number of halogens is 1.